The summed E-state index contributed by atoms with van der Waals surface area (Å²) in [5, 5.41) is 1.12. The van der Waals surface area contributed by atoms with Gasteiger partial charge >= 0.3 is 0 Å². The lowest BCUT2D eigenvalue weighted by atomic mass is 10.0. The molecule has 0 atom stereocenters. The maximum Gasteiger partial charge on any atom is 0.162 e. The van der Waals surface area contributed by atoms with Crippen LogP contribution in [0, 0.1) is 20.8 Å². The molecular weight excluding hydrogens is 198 g/mol. The number of Topliss-reactive ketones (excluding diaryl/α,β-unsaturated/α-hetero) is 1. The molecule has 0 aliphatic carbocycles. The number of carbonyl (C=O) groups is 1. The summed E-state index contributed by atoms with van der Waals surface area (Å²) in [6, 6.07) is 4.20. The minimum atomic E-state index is 0.150. The Morgan fingerprint density at radius 1 is 1.12 bits per heavy atom. The Labute approximate surface area is 95.9 Å². The molecule has 2 heteroatoms. The molecule has 0 radical (unpaired) electrons. The van der Waals surface area contributed by atoms with Gasteiger partial charge in [0.2, 0.25) is 0 Å². The summed E-state index contributed by atoms with van der Waals surface area (Å²) in [5.41, 5.74) is 5.51. The van der Waals surface area contributed by atoms with E-state index in [1.807, 2.05) is 14.0 Å². The second-order valence-corrected chi connectivity index (χ2v) is 4.50. The zero-order chi connectivity index (χ0) is 12.0. The lowest BCUT2D eigenvalue weighted by Crippen LogP contribution is -1.96. The standard InChI is InChI=1S/C14H17NO/c1-8-6-7-9(2)14-12(8)13(11(4)16)10(3)15(14)5/h6-7H,1-5H3. The number of aryl methyl sites for hydroxylation is 3. The van der Waals surface area contributed by atoms with Crippen LogP contribution in [0.15, 0.2) is 12.1 Å². The van der Waals surface area contributed by atoms with Gasteiger partial charge in [-0.1, -0.05) is 12.1 Å². The Hall–Kier alpha value is -1.57. The second kappa shape index (κ2) is 3.48. The Morgan fingerprint density at radius 2 is 1.69 bits per heavy atom. The monoisotopic (exact) mass is 215 g/mol. The molecule has 0 bridgehead atoms. The van der Waals surface area contributed by atoms with Gasteiger partial charge in [-0.3, -0.25) is 4.79 Å². The van der Waals surface area contributed by atoms with Gasteiger partial charge in [-0.25, -0.2) is 0 Å². The van der Waals surface area contributed by atoms with Crippen molar-refractivity contribution in [1.29, 1.82) is 0 Å². The molecule has 2 rings (SSSR count). The smallest absolute Gasteiger partial charge is 0.162 e. The number of rotatable bonds is 1. The molecule has 2 aromatic rings. The van der Waals surface area contributed by atoms with Crippen molar-refractivity contribution in [2.45, 2.75) is 27.7 Å². The van der Waals surface area contributed by atoms with Crippen LogP contribution in [0.1, 0.15) is 34.1 Å². The molecule has 84 valence electrons. The van der Waals surface area contributed by atoms with Crippen LogP contribution in [0.4, 0.5) is 0 Å². The summed E-state index contributed by atoms with van der Waals surface area (Å²) in [6.45, 7) is 7.80. The molecule has 0 fully saturated rings. The van der Waals surface area contributed by atoms with E-state index in [1.54, 1.807) is 6.92 Å². The molecule has 0 amide bonds. The third-order valence-electron chi connectivity index (χ3n) is 3.39. The highest BCUT2D eigenvalue weighted by molar-refractivity contribution is 6.10. The van der Waals surface area contributed by atoms with Gasteiger partial charge in [0.25, 0.3) is 0 Å². The maximum absolute atomic E-state index is 11.7. The van der Waals surface area contributed by atoms with E-state index < -0.39 is 0 Å². The number of hydrogen-bond acceptors (Lipinski definition) is 1. The fourth-order valence-electron chi connectivity index (χ4n) is 2.49. The zero-order valence-electron chi connectivity index (χ0n) is 10.5. The summed E-state index contributed by atoms with van der Waals surface area (Å²) in [6.07, 6.45) is 0. The van der Waals surface area contributed by atoms with Gasteiger partial charge in [-0.05, 0) is 38.8 Å². The molecule has 0 saturated heterocycles. The molecule has 0 spiro atoms. The molecule has 0 N–H and O–H groups in total. The minimum Gasteiger partial charge on any atom is -0.347 e. The average molecular weight is 215 g/mol. The molecule has 2 nitrogen and oxygen atoms in total. The highest BCUT2D eigenvalue weighted by atomic mass is 16.1. The van der Waals surface area contributed by atoms with Gasteiger partial charge in [-0.2, -0.15) is 0 Å². The number of benzene rings is 1. The van der Waals surface area contributed by atoms with Crippen molar-refractivity contribution in [3.63, 3.8) is 0 Å². The summed E-state index contributed by atoms with van der Waals surface area (Å²) < 4.78 is 2.12. The van der Waals surface area contributed by atoms with E-state index >= 15 is 0 Å². The van der Waals surface area contributed by atoms with E-state index in [2.05, 4.69) is 30.5 Å². The van der Waals surface area contributed by atoms with E-state index in [9.17, 15) is 4.79 Å². The lowest BCUT2D eigenvalue weighted by molar-refractivity contribution is 0.101. The molecule has 1 heterocycles. The van der Waals surface area contributed by atoms with Crippen molar-refractivity contribution < 1.29 is 4.79 Å². The van der Waals surface area contributed by atoms with Gasteiger partial charge in [0, 0.05) is 23.7 Å². The van der Waals surface area contributed by atoms with E-state index in [4.69, 9.17) is 0 Å². The van der Waals surface area contributed by atoms with Crippen LogP contribution in [0.3, 0.4) is 0 Å². The van der Waals surface area contributed by atoms with Crippen LogP contribution in [-0.2, 0) is 7.05 Å². The van der Waals surface area contributed by atoms with Crippen molar-refractivity contribution in [3.8, 4) is 0 Å². The molecule has 1 aromatic heterocycles. The quantitative estimate of drug-likeness (QED) is 0.669. The van der Waals surface area contributed by atoms with Crippen LogP contribution in [-0.4, -0.2) is 10.4 Å². The van der Waals surface area contributed by atoms with E-state index in [-0.39, 0.29) is 5.78 Å². The van der Waals surface area contributed by atoms with Crippen LogP contribution in [0.5, 0.6) is 0 Å². The highest BCUT2D eigenvalue weighted by Gasteiger charge is 2.17. The Bertz CT molecular complexity index is 591. The molecule has 0 unspecified atom stereocenters. The van der Waals surface area contributed by atoms with Crippen molar-refractivity contribution in [2.24, 2.45) is 7.05 Å². The van der Waals surface area contributed by atoms with Crippen LogP contribution < -0.4 is 0 Å². The van der Waals surface area contributed by atoms with Gasteiger partial charge < -0.3 is 4.57 Å². The maximum atomic E-state index is 11.7. The number of nitrogens with zero attached hydrogens (tertiary/aromatic N) is 1. The fourth-order valence-corrected chi connectivity index (χ4v) is 2.49. The van der Waals surface area contributed by atoms with Gasteiger partial charge in [0.1, 0.15) is 0 Å². The first-order valence-corrected chi connectivity index (χ1v) is 5.51. The summed E-state index contributed by atoms with van der Waals surface area (Å²) in [5.74, 6) is 0.150. The number of carbonyl (C=O) groups excluding carboxylic acids is 1. The molecule has 0 aliphatic rings. The minimum absolute atomic E-state index is 0.150. The normalized spacial score (nSPS) is 11.1. The molecule has 16 heavy (non-hydrogen) atoms. The Balaban J connectivity index is 3.08. The SMILES string of the molecule is CC(=O)c1c(C)n(C)c2c(C)ccc(C)c12. The number of ketones is 1. The van der Waals surface area contributed by atoms with Gasteiger partial charge in [0.15, 0.2) is 5.78 Å². The van der Waals surface area contributed by atoms with Gasteiger partial charge in [-0.15, -0.1) is 0 Å². The first-order valence-electron chi connectivity index (χ1n) is 5.51. The second-order valence-electron chi connectivity index (χ2n) is 4.50. The van der Waals surface area contributed by atoms with Crippen LogP contribution in [0.2, 0.25) is 0 Å². The van der Waals surface area contributed by atoms with Crippen molar-refractivity contribution >= 4 is 16.7 Å². The topological polar surface area (TPSA) is 22.0 Å². The summed E-state index contributed by atoms with van der Waals surface area (Å²) in [4.78, 5) is 11.7. The first-order chi connectivity index (χ1) is 7.45. The van der Waals surface area contributed by atoms with E-state index in [0.29, 0.717) is 0 Å². The summed E-state index contributed by atoms with van der Waals surface area (Å²) in [7, 11) is 2.02. The Morgan fingerprint density at radius 3 is 2.25 bits per heavy atom. The molecule has 0 saturated carbocycles. The molecule has 0 aliphatic heterocycles. The number of hydrogen-bond donors (Lipinski definition) is 0. The van der Waals surface area contributed by atoms with E-state index in [0.717, 1.165) is 16.6 Å². The van der Waals surface area contributed by atoms with Crippen LogP contribution in [0.25, 0.3) is 10.9 Å². The van der Waals surface area contributed by atoms with Crippen molar-refractivity contribution in [1.82, 2.24) is 4.57 Å². The van der Waals surface area contributed by atoms with Gasteiger partial charge in [0.05, 0.1) is 5.52 Å². The van der Waals surface area contributed by atoms with Crippen LogP contribution >= 0.6 is 0 Å². The first kappa shape index (κ1) is 10.9. The molecular formula is C14H17NO. The zero-order valence-corrected chi connectivity index (χ0v) is 10.5. The average Bonchev–Trinajstić information content (AvgIpc) is 2.47. The lowest BCUT2D eigenvalue weighted by Gasteiger charge is -2.03. The fraction of sp³-hybridized carbons (Fsp3) is 0.357. The van der Waals surface area contributed by atoms with Crippen molar-refractivity contribution in [2.75, 3.05) is 0 Å². The predicted octanol–water partition coefficient (Wildman–Crippen LogP) is 3.31. The third kappa shape index (κ3) is 1.29. The Kier molecular flexibility index (Phi) is 2.38. The van der Waals surface area contributed by atoms with Crippen molar-refractivity contribution in [3.05, 3.63) is 34.5 Å². The number of aromatic nitrogens is 1. The summed E-state index contributed by atoms with van der Waals surface area (Å²) >= 11 is 0. The van der Waals surface area contributed by atoms with E-state index in [1.165, 1.54) is 16.6 Å². The highest BCUT2D eigenvalue weighted by Crippen LogP contribution is 2.30. The predicted molar refractivity (Wildman–Crippen MR) is 67.1 cm³/mol. The molecule has 1 aromatic carbocycles. The number of fused-ring (bicyclic) bond motifs is 1. The largest absolute Gasteiger partial charge is 0.347 e. The third-order valence-corrected chi connectivity index (χ3v) is 3.39.